The van der Waals surface area contributed by atoms with Gasteiger partial charge in [0.1, 0.15) is 11.5 Å². The molecule has 3 heterocycles. The number of fused-ring (bicyclic) bond motifs is 4. The highest BCUT2D eigenvalue weighted by atomic mass is 16.5. The Balaban J connectivity index is 1.26. The van der Waals surface area contributed by atoms with E-state index in [1.165, 1.54) is 50.1 Å². The summed E-state index contributed by atoms with van der Waals surface area (Å²) in [5.41, 5.74) is 2.72. The number of piperidine rings is 1. The first kappa shape index (κ1) is 19.6. The summed E-state index contributed by atoms with van der Waals surface area (Å²) in [5.74, 6) is 1.90. The summed E-state index contributed by atoms with van der Waals surface area (Å²) in [7, 11) is 1.75. The molecule has 5 heteroatoms. The molecule has 2 atom stereocenters. The van der Waals surface area contributed by atoms with Gasteiger partial charge < -0.3 is 24.6 Å². The van der Waals surface area contributed by atoms with Gasteiger partial charge >= 0.3 is 0 Å². The highest BCUT2D eigenvalue weighted by molar-refractivity contribution is 5.77. The monoisotopic (exact) mass is 407 g/mol. The van der Waals surface area contributed by atoms with E-state index in [1.54, 1.807) is 7.11 Å². The number of hydrogen-bond donors (Lipinski definition) is 1. The molecule has 2 unspecified atom stereocenters. The summed E-state index contributed by atoms with van der Waals surface area (Å²) in [5, 5.41) is 4.01. The number of anilines is 2. The van der Waals surface area contributed by atoms with Gasteiger partial charge in [-0.15, -0.1) is 0 Å². The SMILES string of the molecule is COc1ccc2c(c1)NC1(CCCN(CCCOc3ccccc3)C1)C1CCCN21. The van der Waals surface area contributed by atoms with E-state index in [-0.39, 0.29) is 5.54 Å². The molecule has 0 aliphatic carbocycles. The fourth-order valence-electron chi connectivity index (χ4n) is 5.71. The van der Waals surface area contributed by atoms with E-state index in [9.17, 15) is 0 Å². The quantitative estimate of drug-likeness (QED) is 0.719. The van der Waals surface area contributed by atoms with Crippen molar-refractivity contribution in [2.75, 3.05) is 50.1 Å². The fraction of sp³-hybridized carbons (Fsp3) is 0.520. The summed E-state index contributed by atoms with van der Waals surface area (Å²) in [6.45, 7) is 5.32. The van der Waals surface area contributed by atoms with Crippen molar-refractivity contribution in [3.63, 3.8) is 0 Å². The molecule has 0 aromatic heterocycles. The van der Waals surface area contributed by atoms with E-state index in [0.29, 0.717) is 6.04 Å². The van der Waals surface area contributed by atoms with Crippen molar-refractivity contribution in [1.82, 2.24) is 4.90 Å². The van der Waals surface area contributed by atoms with Crippen molar-refractivity contribution in [2.45, 2.75) is 43.7 Å². The minimum atomic E-state index is 0.133. The average molecular weight is 408 g/mol. The van der Waals surface area contributed by atoms with E-state index in [0.717, 1.165) is 37.6 Å². The normalized spacial score (nSPS) is 25.5. The van der Waals surface area contributed by atoms with Gasteiger partial charge in [-0.05, 0) is 62.9 Å². The van der Waals surface area contributed by atoms with Gasteiger partial charge in [-0.2, -0.15) is 0 Å². The van der Waals surface area contributed by atoms with Gasteiger partial charge in [0, 0.05) is 25.7 Å². The molecular weight excluding hydrogens is 374 g/mol. The van der Waals surface area contributed by atoms with Crippen molar-refractivity contribution in [2.24, 2.45) is 0 Å². The Morgan fingerprint density at radius 2 is 1.97 bits per heavy atom. The number of benzene rings is 2. The van der Waals surface area contributed by atoms with Crippen LogP contribution in [0.25, 0.3) is 0 Å². The Morgan fingerprint density at radius 1 is 1.07 bits per heavy atom. The highest BCUT2D eigenvalue weighted by Crippen LogP contribution is 2.47. The van der Waals surface area contributed by atoms with Crippen molar-refractivity contribution in [1.29, 1.82) is 0 Å². The molecule has 0 saturated carbocycles. The first-order valence-corrected chi connectivity index (χ1v) is 11.4. The maximum absolute atomic E-state index is 5.91. The van der Waals surface area contributed by atoms with Crippen molar-refractivity contribution >= 4 is 11.4 Å². The standard InChI is InChI=1S/C25H33N3O2/c1-29-21-11-12-23-22(18-21)26-25(24-10-5-16-28(23)24)13-6-14-27(19-25)15-7-17-30-20-8-3-2-4-9-20/h2-4,8-9,11-12,18,24,26H,5-7,10,13-17,19H2,1H3. The molecule has 1 spiro atoms. The molecule has 5 rings (SSSR count). The lowest BCUT2D eigenvalue weighted by Crippen LogP contribution is -2.65. The Kier molecular flexibility index (Phi) is 5.47. The van der Waals surface area contributed by atoms with E-state index >= 15 is 0 Å². The molecule has 0 bridgehead atoms. The summed E-state index contributed by atoms with van der Waals surface area (Å²) >= 11 is 0. The third-order valence-electron chi connectivity index (χ3n) is 7.02. The molecule has 2 aromatic rings. The second-order valence-electron chi connectivity index (χ2n) is 8.91. The molecule has 5 nitrogen and oxygen atoms in total. The summed E-state index contributed by atoms with van der Waals surface area (Å²) < 4.78 is 11.4. The molecular formula is C25H33N3O2. The molecule has 3 aliphatic rings. The van der Waals surface area contributed by atoms with Gasteiger partial charge in [0.05, 0.1) is 36.7 Å². The van der Waals surface area contributed by atoms with Gasteiger partial charge in [0.15, 0.2) is 0 Å². The number of nitrogens with zero attached hydrogens (tertiary/aromatic N) is 2. The van der Waals surface area contributed by atoms with Crippen molar-refractivity contribution < 1.29 is 9.47 Å². The smallest absolute Gasteiger partial charge is 0.121 e. The summed E-state index contributed by atoms with van der Waals surface area (Å²) in [6.07, 6.45) is 6.11. The van der Waals surface area contributed by atoms with Crippen LogP contribution in [0.3, 0.4) is 0 Å². The first-order chi connectivity index (χ1) is 14.8. The molecule has 160 valence electrons. The lowest BCUT2D eigenvalue weighted by atomic mass is 9.78. The van der Waals surface area contributed by atoms with Gasteiger partial charge in [-0.3, -0.25) is 0 Å². The molecule has 0 amide bonds. The lowest BCUT2D eigenvalue weighted by molar-refractivity contribution is 0.134. The number of para-hydroxylation sites is 1. The van der Waals surface area contributed by atoms with Crippen LogP contribution in [0.4, 0.5) is 11.4 Å². The van der Waals surface area contributed by atoms with Crippen LogP contribution in [0.5, 0.6) is 11.5 Å². The average Bonchev–Trinajstić information content (AvgIpc) is 3.29. The van der Waals surface area contributed by atoms with Crippen LogP contribution in [0.2, 0.25) is 0 Å². The molecule has 1 N–H and O–H groups in total. The van der Waals surface area contributed by atoms with E-state index < -0.39 is 0 Å². The van der Waals surface area contributed by atoms with Crippen molar-refractivity contribution in [3.8, 4) is 11.5 Å². The van der Waals surface area contributed by atoms with Gasteiger partial charge in [-0.1, -0.05) is 18.2 Å². The topological polar surface area (TPSA) is 37.0 Å². The molecule has 0 radical (unpaired) electrons. The van der Waals surface area contributed by atoms with Crippen LogP contribution in [-0.4, -0.2) is 56.4 Å². The maximum Gasteiger partial charge on any atom is 0.121 e. The van der Waals surface area contributed by atoms with Gasteiger partial charge in [0.25, 0.3) is 0 Å². The van der Waals surface area contributed by atoms with Crippen LogP contribution in [0.1, 0.15) is 32.1 Å². The Morgan fingerprint density at radius 3 is 2.83 bits per heavy atom. The summed E-state index contributed by atoms with van der Waals surface area (Å²) in [6, 6.07) is 17.2. The number of methoxy groups -OCH3 is 1. The van der Waals surface area contributed by atoms with Crippen LogP contribution in [0, 0.1) is 0 Å². The molecule has 2 aromatic carbocycles. The van der Waals surface area contributed by atoms with E-state index in [4.69, 9.17) is 9.47 Å². The maximum atomic E-state index is 5.91. The number of rotatable bonds is 6. The highest BCUT2D eigenvalue weighted by Gasteiger charge is 2.49. The Bertz CT molecular complexity index is 859. The van der Waals surface area contributed by atoms with Crippen LogP contribution >= 0.6 is 0 Å². The van der Waals surface area contributed by atoms with E-state index in [2.05, 4.69) is 33.3 Å². The van der Waals surface area contributed by atoms with Crippen LogP contribution in [0.15, 0.2) is 48.5 Å². The molecule has 30 heavy (non-hydrogen) atoms. The zero-order valence-electron chi connectivity index (χ0n) is 18.0. The predicted molar refractivity (Wildman–Crippen MR) is 122 cm³/mol. The number of likely N-dealkylation sites (tertiary alicyclic amines) is 1. The second kappa shape index (κ2) is 8.38. The third-order valence-corrected chi connectivity index (χ3v) is 7.02. The lowest BCUT2D eigenvalue weighted by Gasteiger charge is -2.54. The van der Waals surface area contributed by atoms with Gasteiger partial charge in [0.2, 0.25) is 0 Å². The van der Waals surface area contributed by atoms with Crippen molar-refractivity contribution in [3.05, 3.63) is 48.5 Å². The van der Waals surface area contributed by atoms with Crippen LogP contribution in [-0.2, 0) is 0 Å². The largest absolute Gasteiger partial charge is 0.497 e. The van der Waals surface area contributed by atoms with Crippen LogP contribution < -0.4 is 19.7 Å². The minimum Gasteiger partial charge on any atom is -0.497 e. The number of nitrogens with one attached hydrogen (secondary N) is 1. The second-order valence-corrected chi connectivity index (χ2v) is 8.91. The predicted octanol–water partition coefficient (Wildman–Crippen LogP) is 4.39. The first-order valence-electron chi connectivity index (χ1n) is 11.4. The van der Waals surface area contributed by atoms with Gasteiger partial charge in [-0.25, -0.2) is 0 Å². The summed E-state index contributed by atoms with van der Waals surface area (Å²) in [4.78, 5) is 5.31. The molecule has 2 fully saturated rings. The fourth-order valence-corrected chi connectivity index (χ4v) is 5.71. The zero-order valence-corrected chi connectivity index (χ0v) is 18.0. The Labute approximate surface area is 180 Å². The van der Waals surface area contributed by atoms with E-state index in [1.807, 2.05) is 30.3 Å². The molecule has 3 aliphatic heterocycles. The number of ether oxygens (including phenoxy) is 2. The third kappa shape index (κ3) is 3.71. The number of hydrogen-bond acceptors (Lipinski definition) is 5. The molecule has 2 saturated heterocycles. The zero-order chi connectivity index (χ0) is 20.4. The Hall–Kier alpha value is -2.40. The minimum absolute atomic E-state index is 0.133.